The zero-order valence-electron chi connectivity index (χ0n) is 19.8. The van der Waals surface area contributed by atoms with Crippen molar-refractivity contribution in [3.05, 3.63) is 47.8 Å². The number of amides is 2. The van der Waals surface area contributed by atoms with Gasteiger partial charge in [0.2, 0.25) is 11.8 Å². The van der Waals surface area contributed by atoms with Crippen LogP contribution in [0.1, 0.15) is 62.8 Å². The lowest BCUT2D eigenvalue weighted by molar-refractivity contribution is -0.160. The number of hydrogen-bond donors (Lipinski definition) is 1. The molecular formula is C27H33FN4O2. The van der Waals surface area contributed by atoms with E-state index in [9.17, 15) is 14.0 Å². The summed E-state index contributed by atoms with van der Waals surface area (Å²) in [6.45, 7) is 2.74. The molecule has 4 saturated carbocycles. The van der Waals surface area contributed by atoms with Gasteiger partial charge in [0.1, 0.15) is 17.7 Å². The number of carbonyl (C=O) groups excluding carboxylic acids is 2. The van der Waals surface area contributed by atoms with E-state index in [-0.39, 0.29) is 29.6 Å². The average Bonchev–Trinajstić information content (AvgIpc) is 3.45. The van der Waals surface area contributed by atoms with Crippen LogP contribution in [0, 0.1) is 35.9 Å². The van der Waals surface area contributed by atoms with E-state index in [0.29, 0.717) is 47.8 Å². The summed E-state index contributed by atoms with van der Waals surface area (Å²) in [5.41, 5.74) is 0.916. The standard InChI is InChI=1S/C27H33FN4O2/c1-17-29-6-8-31(17)23-5-4-18(12-22(23)28)16-30-25(33)24-3-2-7-32(24)26(34)27-13-19-9-20(14-27)11-21(10-19)15-27/h4-6,8,12,19-21,24H,2-3,7,9-11,13-16H2,1H3,(H,30,33). The molecule has 7 heteroatoms. The Labute approximate surface area is 199 Å². The molecule has 1 aromatic carbocycles. The lowest BCUT2D eigenvalue weighted by atomic mass is 9.49. The first-order valence-corrected chi connectivity index (χ1v) is 12.8. The molecule has 6 nitrogen and oxygen atoms in total. The maximum absolute atomic E-state index is 14.7. The van der Waals surface area contributed by atoms with Crippen molar-refractivity contribution < 1.29 is 14.0 Å². The quantitative estimate of drug-likeness (QED) is 0.723. The minimum absolute atomic E-state index is 0.120. The molecule has 4 aliphatic carbocycles. The van der Waals surface area contributed by atoms with E-state index in [4.69, 9.17) is 0 Å². The minimum atomic E-state index is -0.404. The van der Waals surface area contributed by atoms with Crippen LogP contribution in [0.3, 0.4) is 0 Å². The van der Waals surface area contributed by atoms with E-state index >= 15 is 0 Å². The number of aromatic nitrogens is 2. The molecule has 1 N–H and O–H groups in total. The zero-order valence-corrected chi connectivity index (χ0v) is 19.8. The summed E-state index contributed by atoms with van der Waals surface area (Å²) < 4.78 is 16.4. The molecule has 2 aromatic rings. The van der Waals surface area contributed by atoms with Gasteiger partial charge in [-0.1, -0.05) is 6.07 Å². The van der Waals surface area contributed by atoms with Gasteiger partial charge in [0.15, 0.2) is 0 Å². The van der Waals surface area contributed by atoms with Gasteiger partial charge in [-0.25, -0.2) is 9.37 Å². The summed E-state index contributed by atoms with van der Waals surface area (Å²) >= 11 is 0. The fourth-order valence-electron chi connectivity index (χ4n) is 7.75. The van der Waals surface area contributed by atoms with E-state index in [1.165, 1.54) is 25.3 Å². The molecule has 2 amide bonds. The molecule has 2 heterocycles. The number of nitrogens with one attached hydrogen (secondary N) is 1. The molecule has 1 saturated heterocycles. The molecule has 34 heavy (non-hydrogen) atoms. The second-order valence-corrected chi connectivity index (χ2v) is 11.2. The first-order valence-electron chi connectivity index (χ1n) is 12.8. The molecule has 1 aliphatic heterocycles. The Kier molecular flexibility index (Phi) is 5.26. The number of nitrogens with zero attached hydrogens (tertiary/aromatic N) is 3. The zero-order chi connectivity index (χ0) is 23.4. The lowest BCUT2D eigenvalue weighted by Gasteiger charge is -2.56. The largest absolute Gasteiger partial charge is 0.350 e. The highest BCUT2D eigenvalue weighted by Gasteiger charge is 2.56. The SMILES string of the molecule is Cc1nccn1-c1ccc(CNC(=O)C2CCCN2C(=O)C23CC4CC(CC(C4)C2)C3)cc1F. The molecule has 1 aromatic heterocycles. The van der Waals surface area contributed by atoms with Crippen molar-refractivity contribution in [3.8, 4) is 5.69 Å². The molecular weight excluding hydrogens is 431 g/mol. The highest BCUT2D eigenvalue weighted by molar-refractivity contribution is 5.91. The van der Waals surface area contributed by atoms with E-state index in [2.05, 4.69) is 10.3 Å². The number of rotatable bonds is 5. The summed E-state index contributed by atoms with van der Waals surface area (Å²) in [6, 6.07) is 4.59. The summed E-state index contributed by atoms with van der Waals surface area (Å²) in [5, 5.41) is 2.97. The Morgan fingerprint density at radius 3 is 2.47 bits per heavy atom. The van der Waals surface area contributed by atoms with Crippen molar-refractivity contribution in [2.75, 3.05) is 6.54 Å². The van der Waals surface area contributed by atoms with Crippen LogP contribution in [-0.2, 0) is 16.1 Å². The van der Waals surface area contributed by atoms with Crippen LogP contribution in [0.25, 0.3) is 5.69 Å². The summed E-state index contributed by atoms with van der Waals surface area (Å²) in [6.07, 6.45) is 11.9. The number of hydrogen-bond acceptors (Lipinski definition) is 3. The highest BCUT2D eigenvalue weighted by Crippen LogP contribution is 2.60. The topological polar surface area (TPSA) is 67.2 Å². The van der Waals surface area contributed by atoms with Crippen LogP contribution >= 0.6 is 0 Å². The summed E-state index contributed by atoms with van der Waals surface area (Å²) in [5.74, 6) is 2.58. The van der Waals surface area contributed by atoms with Crippen LogP contribution < -0.4 is 5.32 Å². The first-order chi connectivity index (χ1) is 16.4. The number of likely N-dealkylation sites (tertiary alicyclic amines) is 1. The van der Waals surface area contributed by atoms with Gasteiger partial charge < -0.3 is 14.8 Å². The maximum atomic E-state index is 14.7. The van der Waals surface area contributed by atoms with Gasteiger partial charge in [-0.2, -0.15) is 0 Å². The van der Waals surface area contributed by atoms with Gasteiger partial charge in [0.05, 0.1) is 11.1 Å². The fraction of sp³-hybridized carbons (Fsp3) is 0.593. The van der Waals surface area contributed by atoms with Crippen LogP contribution in [0.2, 0.25) is 0 Å². The Balaban J connectivity index is 1.12. The molecule has 0 spiro atoms. The van der Waals surface area contributed by atoms with E-state index in [1.54, 1.807) is 23.0 Å². The number of benzene rings is 1. The molecule has 1 atom stereocenters. The van der Waals surface area contributed by atoms with Crippen LogP contribution in [0.5, 0.6) is 0 Å². The number of halogens is 1. The number of carbonyl (C=O) groups is 2. The summed E-state index contributed by atoms with van der Waals surface area (Å²) in [4.78, 5) is 33.0. The first kappa shape index (κ1) is 21.8. The van der Waals surface area contributed by atoms with Crippen molar-refractivity contribution >= 4 is 11.8 Å². The number of aryl methyl sites for hydroxylation is 1. The molecule has 0 radical (unpaired) electrons. The van der Waals surface area contributed by atoms with Crippen LogP contribution in [0.4, 0.5) is 4.39 Å². The Bertz CT molecular complexity index is 1090. The monoisotopic (exact) mass is 464 g/mol. The van der Waals surface area contributed by atoms with Crippen molar-refractivity contribution in [1.29, 1.82) is 0 Å². The van der Waals surface area contributed by atoms with Crippen molar-refractivity contribution in [1.82, 2.24) is 19.8 Å². The second kappa shape index (κ2) is 8.21. The third-order valence-corrected chi connectivity index (χ3v) is 8.87. The normalized spacial score (nSPS) is 31.8. The maximum Gasteiger partial charge on any atom is 0.243 e. The van der Waals surface area contributed by atoms with Gasteiger partial charge in [-0.15, -0.1) is 0 Å². The van der Waals surface area contributed by atoms with E-state index in [0.717, 1.165) is 25.7 Å². The van der Waals surface area contributed by atoms with Gasteiger partial charge in [-0.05, 0) is 93.7 Å². The van der Waals surface area contributed by atoms with Gasteiger partial charge in [0.25, 0.3) is 0 Å². The third kappa shape index (κ3) is 3.64. The molecule has 5 fully saturated rings. The second-order valence-electron chi connectivity index (χ2n) is 11.2. The fourth-order valence-corrected chi connectivity index (χ4v) is 7.75. The van der Waals surface area contributed by atoms with Gasteiger partial charge in [-0.3, -0.25) is 9.59 Å². The van der Waals surface area contributed by atoms with Gasteiger partial charge >= 0.3 is 0 Å². The molecule has 4 bridgehead atoms. The van der Waals surface area contributed by atoms with Crippen LogP contribution in [0.15, 0.2) is 30.6 Å². The van der Waals surface area contributed by atoms with Gasteiger partial charge in [0, 0.05) is 25.5 Å². The smallest absolute Gasteiger partial charge is 0.243 e. The molecule has 180 valence electrons. The van der Waals surface area contributed by atoms with Crippen molar-refractivity contribution in [2.24, 2.45) is 23.2 Å². The van der Waals surface area contributed by atoms with Crippen LogP contribution in [-0.4, -0.2) is 38.9 Å². The minimum Gasteiger partial charge on any atom is -0.350 e. The predicted molar refractivity (Wildman–Crippen MR) is 125 cm³/mol. The Morgan fingerprint density at radius 2 is 1.85 bits per heavy atom. The predicted octanol–water partition coefficient (Wildman–Crippen LogP) is 4.14. The average molecular weight is 465 g/mol. The highest BCUT2D eigenvalue weighted by atomic mass is 19.1. The van der Waals surface area contributed by atoms with E-state index < -0.39 is 6.04 Å². The van der Waals surface area contributed by atoms with Crippen molar-refractivity contribution in [2.45, 2.75) is 70.9 Å². The molecule has 1 unspecified atom stereocenters. The van der Waals surface area contributed by atoms with Crippen molar-refractivity contribution in [3.63, 3.8) is 0 Å². The third-order valence-electron chi connectivity index (χ3n) is 8.87. The Hall–Kier alpha value is -2.70. The lowest BCUT2D eigenvalue weighted by Crippen LogP contribution is -2.57. The number of imidazole rings is 1. The Morgan fingerprint density at radius 1 is 1.15 bits per heavy atom. The summed E-state index contributed by atoms with van der Waals surface area (Å²) in [7, 11) is 0. The molecule has 5 aliphatic rings. The molecule has 7 rings (SSSR count). The van der Waals surface area contributed by atoms with E-state index in [1.807, 2.05) is 17.9 Å².